The molecule has 0 saturated carbocycles. The first-order chi connectivity index (χ1) is 13.6. The molecule has 3 aromatic rings. The molecule has 4 nitrogen and oxygen atoms in total. The molecule has 2 atom stereocenters. The number of benzene rings is 3. The summed E-state index contributed by atoms with van der Waals surface area (Å²) in [5.41, 5.74) is 2.91. The maximum Gasteiger partial charge on any atom is 0.339 e. The zero-order chi connectivity index (χ0) is 19.5. The minimum absolute atomic E-state index is 0.0313. The molecule has 0 spiro atoms. The fourth-order valence-corrected chi connectivity index (χ4v) is 3.87. The van der Waals surface area contributed by atoms with Gasteiger partial charge in [0.05, 0.1) is 11.6 Å². The average Bonchev–Trinajstić information content (AvgIpc) is 2.73. The average molecular weight is 373 g/mol. The van der Waals surface area contributed by atoms with Gasteiger partial charge in [0.25, 0.3) is 5.91 Å². The summed E-state index contributed by atoms with van der Waals surface area (Å²) in [5, 5.41) is 4.84. The third kappa shape index (κ3) is 3.63. The monoisotopic (exact) mass is 373 g/mol. The molecular weight excluding hydrogens is 350 g/mol. The largest absolute Gasteiger partial charge is 0.449 e. The van der Waals surface area contributed by atoms with Crippen LogP contribution >= 0.6 is 0 Å². The first-order valence-corrected chi connectivity index (χ1v) is 9.70. The fraction of sp³-hybridized carbons (Fsp3) is 0.250. The standard InChI is InChI=1S/C24H23NO3/c1-16(23(26)25-22-15-7-11-18-9-3-5-13-20(18)22)28-24(27)21-14-6-10-17-8-2-4-12-19(17)21/h2-6,8-10,12-14,16,22H,7,11,15H2,1H3,(H,25,26)/t16-,22-/m1/s1. The molecular formula is C24H23NO3. The Bertz CT molecular complexity index is 1020. The van der Waals surface area contributed by atoms with E-state index in [-0.39, 0.29) is 11.9 Å². The summed E-state index contributed by atoms with van der Waals surface area (Å²) >= 11 is 0. The predicted octanol–water partition coefficient (Wildman–Crippen LogP) is 4.58. The van der Waals surface area contributed by atoms with Gasteiger partial charge in [-0.3, -0.25) is 4.79 Å². The SMILES string of the molecule is C[C@@H](OC(=O)c1cccc2ccccc12)C(=O)N[C@@H]1CCCc2ccccc21. The van der Waals surface area contributed by atoms with E-state index < -0.39 is 12.1 Å². The van der Waals surface area contributed by atoms with Crippen LogP contribution in [0.4, 0.5) is 0 Å². The lowest BCUT2D eigenvalue weighted by Gasteiger charge is -2.27. The summed E-state index contributed by atoms with van der Waals surface area (Å²) in [6.07, 6.45) is 2.10. The third-order valence-corrected chi connectivity index (χ3v) is 5.35. The number of carbonyl (C=O) groups excluding carboxylic acids is 2. The van der Waals surface area contributed by atoms with Crippen LogP contribution in [0.1, 0.15) is 47.3 Å². The normalized spacial score (nSPS) is 16.8. The molecule has 0 fully saturated rings. The number of nitrogens with one attached hydrogen (secondary N) is 1. The van der Waals surface area contributed by atoms with Gasteiger partial charge in [0.1, 0.15) is 0 Å². The number of amides is 1. The topological polar surface area (TPSA) is 55.4 Å². The van der Waals surface area contributed by atoms with E-state index >= 15 is 0 Å². The van der Waals surface area contributed by atoms with Gasteiger partial charge in [-0.05, 0) is 54.2 Å². The van der Waals surface area contributed by atoms with Gasteiger partial charge >= 0.3 is 5.97 Å². The van der Waals surface area contributed by atoms with Crippen molar-refractivity contribution in [2.45, 2.75) is 38.3 Å². The molecule has 0 aliphatic heterocycles. The molecule has 1 N–H and O–H groups in total. The van der Waals surface area contributed by atoms with Crippen molar-refractivity contribution in [1.82, 2.24) is 5.32 Å². The lowest BCUT2D eigenvalue weighted by atomic mass is 9.87. The number of rotatable bonds is 4. The van der Waals surface area contributed by atoms with Crippen LogP contribution in [-0.4, -0.2) is 18.0 Å². The zero-order valence-corrected chi connectivity index (χ0v) is 15.9. The van der Waals surface area contributed by atoms with E-state index in [1.165, 1.54) is 5.56 Å². The highest BCUT2D eigenvalue weighted by atomic mass is 16.5. The van der Waals surface area contributed by atoms with Crippen LogP contribution in [0.15, 0.2) is 66.7 Å². The number of esters is 1. The highest BCUT2D eigenvalue weighted by molar-refractivity contribution is 6.05. The van der Waals surface area contributed by atoms with Crippen LogP contribution in [0, 0.1) is 0 Å². The molecule has 0 unspecified atom stereocenters. The maximum absolute atomic E-state index is 12.7. The first-order valence-electron chi connectivity index (χ1n) is 9.70. The Balaban J connectivity index is 1.46. The molecule has 3 aromatic carbocycles. The smallest absolute Gasteiger partial charge is 0.339 e. The van der Waals surface area contributed by atoms with Gasteiger partial charge in [-0.25, -0.2) is 4.79 Å². The molecule has 1 aliphatic rings. The van der Waals surface area contributed by atoms with Crippen molar-refractivity contribution in [2.75, 3.05) is 0 Å². The molecule has 4 heteroatoms. The first kappa shape index (κ1) is 18.2. The van der Waals surface area contributed by atoms with Crippen LogP contribution in [0.5, 0.6) is 0 Å². The number of hydrogen-bond donors (Lipinski definition) is 1. The van der Waals surface area contributed by atoms with E-state index in [0.29, 0.717) is 5.56 Å². The number of fused-ring (bicyclic) bond motifs is 2. The van der Waals surface area contributed by atoms with E-state index in [2.05, 4.69) is 17.4 Å². The molecule has 0 saturated heterocycles. The van der Waals surface area contributed by atoms with Crippen molar-refractivity contribution in [1.29, 1.82) is 0 Å². The highest BCUT2D eigenvalue weighted by Gasteiger charge is 2.26. The minimum atomic E-state index is -0.861. The summed E-state index contributed by atoms with van der Waals surface area (Å²) in [4.78, 5) is 25.3. The second-order valence-corrected chi connectivity index (χ2v) is 7.23. The number of aryl methyl sites for hydroxylation is 1. The predicted molar refractivity (Wildman–Crippen MR) is 109 cm³/mol. The third-order valence-electron chi connectivity index (χ3n) is 5.35. The van der Waals surface area contributed by atoms with Crippen LogP contribution in [-0.2, 0) is 16.0 Å². The molecule has 1 aliphatic carbocycles. The number of carbonyl (C=O) groups is 2. The lowest BCUT2D eigenvalue weighted by Crippen LogP contribution is -2.39. The van der Waals surface area contributed by atoms with Crippen molar-refractivity contribution in [3.63, 3.8) is 0 Å². The van der Waals surface area contributed by atoms with Crippen LogP contribution in [0.25, 0.3) is 10.8 Å². The Labute approximate surface area is 164 Å². The van der Waals surface area contributed by atoms with Gasteiger partial charge in [0.2, 0.25) is 0 Å². The van der Waals surface area contributed by atoms with E-state index in [4.69, 9.17) is 4.74 Å². The van der Waals surface area contributed by atoms with E-state index in [9.17, 15) is 9.59 Å². The van der Waals surface area contributed by atoms with Gasteiger partial charge in [0, 0.05) is 0 Å². The van der Waals surface area contributed by atoms with Crippen molar-refractivity contribution < 1.29 is 14.3 Å². The van der Waals surface area contributed by atoms with Crippen LogP contribution in [0.3, 0.4) is 0 Å². The second-order valence-electron chi connectivity index (χ2n) is 7.23. The van der Waals surface area contributed by atoms with Crippen molar-refractivity contribution in [3.8, 4) is 0 Å². The maximum atomic E-state index is 12.7. The number of hydrogen-bond acceptors (Lipinski definition) is 3. The minimum Gasteiger partial charge on any atom is -0.449 e. The molecule has 28 heavy (non-hydrogen) atoms. The quantitative estimate of drug-likeness (QED) is 0.681. The molecule has 142 valence electrons. The van der Waals surface area contributed by atoms with Crippen molar-refractivity contribution in [3.05, 3.63) is 83.4 Å². The van der Waals surface area contributed by atoms with Crippen molar-refractivity contribution in [2.24, 2.45) is 0 Å². The molecule has 0 radical (unpaired) electrons. The Morgan fingerprint density at radius 2 is 1.75 bits per heavy atom. The summed E-state index contributed by atoms with van der Waals surface area (Å²) in [5.74, 6) is -0.751. The van der Waals surface area contributed by atoms with Crippen LogP contribution < -0.4 is 5.32 Å². The van der Waals surface area contributed by atoms with E-state index in [1.807, 2.05) is 48.5 Å². The van der Waals surface area contributed by atoms with Gasteiger partial charge in [0.15, 0.2) is 6.10 Å². The van der Waals surface area contributed by atoms with E-state index in [1.54, 1.807) is 13.0 Å². The Morgan fingerprint density at radius 3 is 2.64 bits per heavy atom. The Morgan fingerprint density at radius 1 is 1.00 bits per heavy atom. The van der Waals surface area contributed by atoms with Gasteiger partial charge in [-0.15, -0.1) is 0 Å². The molecule has 1 amide bonds. The fourth-order valence-electron chi connectivity index (χ4n) is 3.87. The summed E-state index contributed by atoms with van der Waals surface area (Å²) in [7, 11) is 0. The zero-order valence-electron chi connectivity index (χ0n) is 15.9. The number of ether oxygens (including phenoxy) is 1. The molecule has 4 rings (SSSR count). The van der Waals surface area contributed by atoms with Gasteiger partial charge in [-0.2, -0.15) is 0 Å². The second kappa shape index (κ2) is 7.85. The summed E-state index contributed by atoms with van der Waals surface area (Å²) < 4.78 is 5.48. The van der Waals surface area contributed by atoms with Crippen molar-refractivity contribution >= 4 is 22.6 Å². The van der Waals surface area contributed by atoms with E-state index in [0.717, 1.165) is 35.6 Å². The summed E-state index contributed by atoms with van der Waals surface area (Å²) in [6, 6.07) is 21.3. The highest BCUT2D eigenvalue weighted by Crippen LogP contribution is 2.29. The molecule has 0 bridgehead atoms. The molecule has 0 aromatic heterocycles. The van der Waals surface area contributed by atoms with Gasteiger partial charge < -0.3 is 10.1 Å². The Hall–Kier alpha value is -3.14. The lowest BCUT2D eigenvalue weighted by molar-refractivity contribution is -0.130. The van der Waals surface area contributed by atoms with Gasteiger partial charge in [-0.1, -0.05) is 60.7 Å². The Kier molecular flexibility index (Phi) is 5.11. The molecule has 0 heterocycles. The van der Waals surface area contributed by atoms with Crippen LogP contribution in [0.2, 0.25) is 0 Å². The summed E-state index contributed by atoms with van der Waals surface area (Å²) in [6.45, 7) is 1.62.